The van der Waals surface area contributed by atoms with Gasteiger partial charge in [0, 0.05) is 24.8 Å². The molecule has 112 valence electrons. The van der Waals surface area contributed by atoms with Crippen molar-refractivity contribution < 1.29 is 8.42 Å². The third-order valence-corrected chi connectivity index (χ3v) is 5.04. The molecular formula is C14H23N3O2S. The standard InChI is InChI=1S/C14H23N3O2S/c1-2-17-20(18,19)14-7-5-13(6-8-14)16-11-9-12-4-3-10-15-12/h5-8,12,15-17H,2-4,9-11H2,1H3/t12-/m0/s1. The van der Waals surface area contributed by atoms with Gasteiger partial charge in [-0.05, 0) is 50.1 Å². The molecule has 2 rings (SSSR count). The number of sulfonamides is 1. The monoisotopic (exact) mass is 297 g/mol. The Labute approximate surface area is 121 Å². The van der Waals surface area contributed by atoms with Gasteiger partial charge in [0.05, 0.1) is 4.90 Å². The van der Waals surface area contributed by atoms with E-state index in [4.69, 9.17) is 0 Å². The van der Waals surface area contributed by atoms with Crippen molar-refractivity contribution in [1.29, 1.82) is 0 Å². The molecule has 1 aliphatic heterocycles. The molecule has 1 atom stereocenters. The summed E-state index contributed by atoms with van der Waals surface area (Å²) in [6.45, 7) is 4.19. The van der Waals surface area contributed by atoms with E-state index in [0.29, 0.717) is 17.5 Å². The van der Waals surface area contributed by atoms with Gasteiger partial charge >= 0.3 is 0 Å². The largest absolute Gasteiger partial charge is 0.385 e. The van der Waals surface area contributed by atoms with Crippen LogP contribution >= 0.6 is 0 Å². The molecule has 0 radical (unpaired) electrons. The molecule has 0 amide bonds. The van der Waals surface area contributed by atoms with Gasteiger partial charge < -0.3 is 10.6 Å². The fraction of sp³-hybridized carbons (Fsp3) is 0.571. The highest BCUT2D eigenvalue weighted by Gasteiger charge is 2.13. The Balaban J connectivity index is 1.85. The van der Waals surface area contributed by atoms with Crippen LogP contribution in [0.2, 0.25) is 0 Å². The summed E-state index contributed by atoms with van der Waals surface area (Å²) in [4.78, 5) is 0.308. The fourth-order valence-electron chi connectivity index (χ4n) is 2.42. The summed E-state index contributed by atoms with van der Waals surface area (Å²) in [5, 5.41) is 6.79. The highest BCUT2D eigenvalue weighted by Crippen LogP contribution is 2.15. The van der Waals surface area contributed by atoms with Crippen molar-refractivity contribution in [1.82, 2.24) is 10.0 Å². The first kappa shape index (κ1) is 15.3. The molecular weight excluding hydrogens is 274 g/mol. The van der Waals surface area contributed by atoms with E-state index < -0.39 is 10.0 Å². The Kier molecular flexibility index (Phi) is 5.39. The molecule has 6 heteroatoms. The zero-order chi connectivity index (χ0) is 14.4. The minimum Gasteiger partial charge on any atom is -0.385 e. The predicted molar refractivity (Wildman–Crippen MR) is 81.4 cm³/mol. The fourth-order valence-corrected chi connectivity index (χ4v) is 3.46. The molecule has 0 aliphatic carbocycles. The molecule has 1 heterocycles. The SMILES string of the molecule is CCNS(=O)(=O)c1ccc(NCC[C@@H]2CCCN2)cc1. The zero-order valence-corrected chi connectivity index (χ0v) is 12.7. The van der Waals surface area contributed by atoms with Gasteiger partial charge in [0.2, 0.25) is 10.0 Å². The zero-order valence-electron chi connectivity index (χ0n) is 11.9. The number of anilines is 1. The van der Waals surface area contributed by atoms with Crippen LogP contribution in [-0.2, 0) is 10.0 Å². The number of rotatable bonds is 7. The van der Waals surface area contributed by atoms with Gasteiger partial charge in [-0.15, -0.1) is 0 Å². The molecule has 1 saturated heterocycles. The Morgan fingerprint density at radius 3 is 2.65 bits per heavy atom. The second-order valence-corrected chi connectivity index (χ2v) is 6.80. The average Bonchev–Trinajstić information content (AvgIpc) is 2.92. The first-order valence-electron chi connectivity index (χ1n) is 7.19. The van der Waals surface area contributed by atoms with Crippen LogP contribution in [0.3, 0.4) is 0 Å². The Bertz CT molecular complexity index is 508. The van der Waals surface area contributed by atoms with Gasteiger partial charge in [-0.3, -0.25) is 0 Å². The van der Waals surface area contributed by atoms with Crippen molar-refractivity contribution in [2.45, 2.75) is 37.1 Å². The van der Waals surface area contributed by atoms with Crippen molar-refractivity contribution in [3.63, 3.8) is 0 Å². The number of hydrogen-bond acceptors (Lipinski definition) is 4. The Hall–Kier alpha value is -1.11. The van der Waals surface area contributed by atoms with Crippen LogP contribution in [-0.4, -0.2) is 34.1 Å². The lowest BCUT2D eigenvalue weighted by atomic mass is 10.1. The summed E-state index contributed by atoms with van der Waals surface area (Å²) < 4.78 is 26.1. The summed E-state index contributed by atoms with van der Waals surface area (Å²) >= 11 is 0. The Morgan fingerprint density at radius 1 is 1.30 bits per heavy atom. The summed E-state index contributed by atoms with van der Waals surface area (Å²) in [5.41, 5.74) is 0.957. The molecule has 0 unspecified atom stereocenters. The third-order valence-electron chi connectivity index (χ3n) is 3.48. The number of nitrogens with one attached hydrogen (secondary N) is 3. The van der Waals surface area contributed by atoms with Gasteiger partial charge in [0.1, 0.15) is 0 Å². The van der Waals surface area contributed by atoms with Gasteiger partial charge in [-0.25, -0.2) is 13.1 Å². The van der Waals surface area contributed by atoms with Crippen LogP contribution in [0.1, 0.15) is 26.2 Å². The van der Waals surface area contributed by atoms with Crippen LogP contribution < -0.4 is 15.4 Å². The molecule has 0 aromatic heterocycles. The van der Waals surface area contributed by atoms with Crippen molar-refractivity contribution in [2.75, 3.05) is 25.0 Å². The maximum Gasteiger partial charge on any atom is 0.240 e. The van der Waals surface area contributed by atoms with E-state index in [0.717, 1.165) is 25.2 Å². The molecule has 1 fully saturated rings. The van der Waals surface area contributed by atoms with Crippen LogP contribution in [0, 0.1) is 0 Å². The van der Waals surface area contributed by atoms with Gasteiger partial charge in [0.25, 0.3) is 0 Å². The van der Waals surface area contributed by atoms with E-state index in [-0.39, 0.29) is 0 Å². The quantitative estimate of drug-likeness (QED) is 0.714. The Morgan fingerprint density at radius 2 is 2.05 bits per heavy atom. The first-order chi connectivity index (χ1) is 9.62. The maximum atomic E-state index is 11.8. The van der Waals surface area contributed by atoms with Gasteiger partial charge in [0.15, 0.2) is 0 Å². The van der Waals surface area contributed by atoms with E-state index in [1.54, 1.807) is 19.1 Å². The minimum absolute atomic E-state index is 0.308. The smallest absolute Gasteiger partial charge is 0.240 e. The first-order valence-corrected chi connectivity index (χ1v) is 8.67. The summed E-state index contributed by atoms with van der Waals surface area (Å²) in [6, 6.07) is 7.51. The average molecular weight is 297 g/mol. The van der Waals surface area contributed by atoms with E-state index in [1.807, 2.05) is 12.1 Å². The van der Waals surface area contributed by atoms with Crippen molar-refractivity contribution in [2.24, 2.45) is 0 Å². The highest BCUT2D eigenvalue weighted by molar-refractivity contribution is 7.89. The van der Waals surface area contributed by atoms with E-state index in [9.17, 15) is 8.42 Å². The lowest BCUT2D eigenvalue weighted by Crippen LogP contribution is -2.24. The molecule has 5 nitrogen and oxygen atoms in total. The number of hydrogen-bond donors (Lipinski definition) is 3. The van der Waals surface area contributed by atoms with E-state index >= 15 is 0 Å². The molecule has 0 saturated carbocycles. The molecule has 0 bridgehead atoms. The maximum absolute atomic E-state index is 11.8. The topological polar surface area (TPSA) is 70.2 Å². The summed E-state index contributed by atoms with van der Waals surface area (Å²) in [7, 11) is -3.35. The molecule has 1 aromatic carbocycles. The van der Waals surface area contributed by atoms with Crippen LogP contribution in [0.4, 0.5) is 5.69 Å². The third kappa shape index (κ3) is 4.19. The molecule has 3 N–H and O–H groups in total. The number of benzene rings is 1. The van der Waals surface area contributed by atoms with Gasteiger partial charge in [-0.1, -0.05) is 6.92 Å². The molecule has 1 aliphatic rings. The summed E-state index contributed by atoms with van der Waals surface area (Å²) in [6.07, 6.45) is 3.61. The van der Waals surface area contributed by atoms with Crippen molar-refractivity contribution >= 4 is 15.7 Å². The minimum atomic E-state index is -3.35. The van der Waals surface area contributed by atoms with Crippen LogP contribution in [0.25, 0.3) is 0 Å². The lowest BCUT2D eigenvalue weighted by Gasteiger charge is -2.12. The lowest BCUT2D eigenvalue weighted by molar-refractivity contribution is 0.574. The van der Waals surface area contributed by atoms with E-state index in [1.165, 1.54) is 12.8 Å². The van der Waals surface area contributed by atoms with Crippen LogP contribution in [0.5, 0.6) is 0 Å². The predicted octanol–water partition coefficient (Wildman–Crippen LogP) is 1.54. The van der Waals surface area contributed by atoms with Crippen molar-refractivity contribution in [3.8, 4) is 0 Å². The van der Waals surface area contributed by atoms with E-state index in [2.05, 4.69) is 15.4 Å². The molecule has 0 spiro atoms. The molecule has 1 aromatic rings. The second-order valence-electron chi connectivity index (χ2n) is 5.03. The summed E-state index contributed by atoms with van der Waals surface area (Å²) in [5.74, 6) is 0. The van der Waals surface area contributed by atoms with Crippen LogP contribution in [0.15, 0.2) is 29.2 Å². The molecule has 20 heavy (non-hydrogen) atoms. The second kappa shape index (κ2) is 7.06. The normalized spacial score (nSPS) is 19.1. The highest BCUT2D eigenvalue weighted by atomic mass is 32.2. The van der Waals surface area contributed by atoms with Gasteiger partial charge in [-0.2, -0.15) is 0 Å². The van der Waals surface area contributed by atoms with Crippen molar-refractivity contribution in [3.05, 3.63) is 24.3 Å².